The van der Waals surface area contributed by atoms with Gasteiger partial charge in [0, 0.05) is 16.5 Å². The van der Waals surface area contributed by atoms with E-state index >= 15 is 0 Å². The second-order valence-electron chi connectivity index (χ2n) is 5.40. The van der Waals surface area contributed by atoms with E-state index in [0.29, 0.717) is 6.42 Å². The first kappa shape index (κ1) is 10.7. The van der Waals surface area contributed by atoms with Crippen LogP contribution in [0.15, 0.2) is 0 Å². The van der Waals surface area contributed by atoms with Gasteiger partial charge in [-0.15, -0.1) is 0 Å². The Hall–Kier alpha value is -0.410. The summed E-state index contributed by atoms with van der Waals surface area (Å²) in [6, 6.07) is 0. The van der Waals surface area contributed by atoms with Crippen LogP contribution in [-0.2, 0) is 4.79 Å². The molecule has 0 aromatic carbocycles. The highest BCUT2D eigenvalue weighted by molar-refractivity contribution is 5.88. The lowest BCUT2D eigenvalue weighted by atomic mass is 9.83. The van der Waals surface area contributed by atoms with Gasteiger partial charge in [-0.1, -0.05) is 0 Å². The highest BCUT2D eigenvalue weighted by Gasteiger charge is 2.66. The molecule has 1 rings (SSSR count). The van der Waals surface area contributed by atoms with E-state index < -0.39 is 0 Å². The molecule has 13 heavy (non-hydrogen) atoms. The van der Waals surface area contributed by atoms with Crippen LogP contribution in [-0.4, -0.2) is 16.9 Å². The molecule has 0 radical (unpaired) electrons. The van der Waals surface area contributed by atoms with E-state index in [0.717, 1.165) is 6.42 Å². The molecule has 1 aliphatic rings. The first-order valence-electron chi connectivity index (χ1n) is 4.70. The topological polar surface area (TPSA) is 69.1 Å². The fourth-order valence-corrected chi connectivity index (χ4v) is 2.28. The second kappa shape index (κ2) is 2.55. The molecule has 0 aromatic rings. The monoisotopic (exact) mass is 184 g/mol. The van der Waals surface area contributed by atoms with Gasteiger partial charge in [-0.3, -0.25) is 4.79 Å². The molecule has 0 saturated heterocycles. The molecule has 0 bridgehead atoms. The molecule has 0 spiro atoms. The highest BCUT2D eigenvalue weighted by atomic mass is 16.1. The fraction of sp³-hybridized carbons (Fsp3) is 0.900. The summed E-state index contributed by atoms with van der Waals surface area (Å²) in [5.74, 6) is 0.177. The number of hydrogen-bond donors (Lipinski definition) is 2. The first-order valence-corrected chi connectivity index (χ1v) is 4.70. The molecular formula is C10H20N2O. The molecule has 0 heterocycles. The number of rotatable bonds is 3. The summed E-state index contributed by atoms with van der Waals surface area (Å²) in [4.78, 5) is 11.5. The van der Waals surface area contributed by atoms with Gasteiger partial charge in [0.15, 0.2) is 0 Å². The van der Waals surface area contributed by atoms with E-state index in [2.05, 4.69) is 0 Å². The van der Waals surface area contributed by atoms with Crippen molar-refractivity contribution in [1.29, 1.82) is 0 Å². The molecule has 76 valence electrons. The van der Waals surface area contributed by atoms with Gasteiger partial charge in [0.25, 0.3) is 0 Å². The summed E-state index contributed by atoms with van der Waals surface area (Å²) in [7, 11) is 0. The SMILES string of the molecule is CC(=O)C1(CC(C)(C)N)CC1(C)N. The largest absolute Gasteiger partial charge is 0.326 e. The summed E-state index contributed by atoms with van der Waals surface area (Å²) in [5.41, 5.74) is 10.9. The zero-order valence-electron chi connectivity index (χ0n) is 8.98. The van der Waals surface area contributed by atoms with E-state index in [1.54, 1.807) is 6.92 Å². The second-order valence-corrected chi connectivity index (χ2v) is 5.40. The maximum Gasteiger partial charge on any atom is 0.137 e. The zero-order chi connectivity index (χ0) is 10.5. The molecular weight excluding hydrogens is 164 g/mol. The molecule has 4 N–H and O–H groups in total. The van der Waals surface area contributed by atoms with Crippen molar-refractivity contribution in [3.05, 3.63) is 0 Å². The lowest BCUT2D eigenvalue weighted by Gasteiger charge is -2.26. The Labute approximate surface area is 79.9 Å². The predicted octanol–water partition coefficient (Wildman–Crippen LogP) is 0.810. The number of nitrogens with two attached hydrogens (primary N) is 2. The quantitative estimate of drug-likeness (QED) is 0.682. The van der Waals surface area contributed by atoms with Crippen LogP contribution in [0.2, 0.25) is 0 Å². The maximum atomic E-state index is 11.5. The predicted molar refractivity (Wildman–Crippen MR) is 53.2 cm³/mol. The number of hydrogen-bond acceptors (Lipinski definition) is 3. The number of Topliss-reactive ketones (excluding diaryl/α,β-unsaturated/α-hetero) is 1. The van der Waals surface area contributed by atoms with E-state index in [1.807, 2.05) is 20.8 Å². The van der Waals surface area contributed by atoms with Crippen LogP contribution in [0.1, 0.15) is 40.5 Å². The van der Waals surface area contributed by atoms with E-state index in [4.69, 9.17) is 11.5 Å². The molecule has 2 atom stereocenters. The third-order valence-corrected chi connectivity index (χ3v) is 3.07. The smallest absolute Gasteiger partial charge is 0.137 e. The van der Waals surface area contributed by atoms with E-state index in [1.165, 1.54) is 0 Å². The molecule has 1 saturated carbocycles. The van der Waals surface area contributed by atoms with Gasteiger partial charge in [0.2, 0.25) is 0 Å². The van der Waals surface area contributed by atoms with Crippen molar-refractivity contribution in [2.45, 2.75) is 51.6 Å². The Morgan fingerprint density at radius 3 is 2.00 bits per heavy atom. The number of carbonyl (C=O) groups is 1. The Balaban J connectivity index is 2.81. The van der Waals surface area contributed by atoms with Crippen LogP contribution in [0.5, 0.6) is 0 Å². The Morgan fingerprint density at radius 1 is 1.54 bits per heavy atom. The molecule has 1 aliphatic carbocycles. The maximum absolute atomic E-state index is 11.5. The number of carbonyl (C=O) groups excluding carboxylic acids is 1. The minimum atomic E-state index is -0.356. The van der Waals surface area contributed by atoms with Gasteiger partial charge >= 0.3 is 0 Å². The van der Waals surface area contributed by atoms with Crippen molar-refractivity contribution in [2.75, 3.05) is 0 Å². The lowest BCUT2D eigenvalue weighted by Crippen LogP contribution is -2.42. The summed E-state index contributed by atoms with van der Waals surface area (Å²) >= 11 is 0. The van der Waals surface area contributed by atoms with Crippen LogP contribution in [0.3, 0.4) is 0 Å². The minimum absolute atomic E-state index is 0.177. The molecule has 0 aliphatic heterocycles. The number of ketones is 1. The standard InChI is InChI=1S/C10H20N2O/c1-7(13)10(5-8(2,3)11)6-9(10,4)12/h5-6,11-12H2,1-4H3. The normalized spacial score (nSPS) is 38.9. The Kier molecular flexibility index (Phi) is 2.09. The van der Waals surface area contributed by atoms with Crippen LogP contribution in [0.4, 0.5) is 0 Å². The highest BCUT2D eigenvalue weighted by Crippen LogP contribution is 2.58. The van der Waals surface area contributed by atoms with Gasteiger partial charge in [-0.05, 0) is 40.5 Å². The van der Waals surface area contributed by atoms with Gasteiger partial charge in [-0.25, -0.2) is 0 Å². The van der Waals surface area contributed by atoms with E-state index in [-0.39, 0.29) is 22.3 Å². The van der Waals surface area contributed by atoms with Gasteiger partial charge in [0.1, 0.15) is 5.78 Å². The molecule has 0 aromatic heterocycles. The molecule has 3 nitrogen and oxygen atoms in total. The third kappa shape index (κ3) is 1.76. The molecule has 1 fully saturated rings. The van der Waals surface area contributed by atoms with Gasteiger partial charge in [-0.2, -0.15) is 0 Å². The average molecular weight is 184 g/mol. The molecule has 2 unspecified atom stereocenters. The molecule has 3 heteroatoms. The van der Waals surface area contributed by atoms with Crippen LogP contribution in [0, 0.1) is 5.41 Å². The van der Waals surface area contributed by atoms with Crippen molar-refractivity contribution in [3.8, 4) is 0 Å². The fourth-order valence-electron chi connectivity index (χ4n) is 2.28. The first-order chi connectivity index (χ1) is 5.61. The average Bonchev–Trinajstić information content (AvgIpc) is 2.30. The van der Waals surface area contributed by atoms with Crippen molar-refractivity contribution in [2.24, 2.45) is 16.9 Å². The van der Waals surface area contributed by atoms with Crippen LogP contribution in [0.25, 0.3) is 0 Å². The summed E-state index contributed by atoms with van der Waals surface area (Å²) < 4.78 is 0. The van der Waals surface area contributed by atoms with Crippen molar-refractivity contribution < 1.29 is 4.79 Å². The van der Waals surface area contributed by atoms with Crippen LogP contribution >= 0.6 is 0 Å². The third-order valence-electron chi connectivity index (χ3n) is 3.07. The Bertz CT molecular complexity index is 240. The van der Waals surface area contributed by atoms with Gasteiger partial charge < -0.3 is 11.5 Å². The lowest BCUT2D eigenvalue weighted by molar-refractivity contribution is -0.123. The van der Waals surface area contributed by atoms with Crippen LogP contribution < -0.4 is 11.5 Å². The summed E-state index contributed by atoms with van der Waals surface area (Å²) in [5, 5.41) is 0. The summed E-state index contributed by atoms with van der Waals surface area (Å²) in [6.45, 7) is 7.42. The van der Waals surface area contributed by atoms with Crippen molar-refractivity contribution in [3.63, 3.8) is 0 Å². The van der Waals surface area contributed by atoms with Crippen molar-refractivity contribution in [1.82, 2.24) is 0 Å². The summed E-state index contributed by atoms with van der Waals surface area (Å²) in [6.07, 6.45) is 1.46. The van der Waals surface area contributed by atoms with Gasteiger partial charge in [0.05, 0.1) is 0 Å². The minimum Gasteiger partial charge on any atom is -0.326 e. The molecule has 0 amide bonds. The zero-order valence-corrected chi connectivity index (χ0v) is 8.98. The Morgan fingerprint density at radius 2 is 1.92 bits per heavy atom. The van der Waals surface area contributed by atoms with E-state index in [9.17, 15) is 4.79 Å². The van der Waals surface area contributed by atoms with Crippen molar-refractivity contribution >= 4 is 5.78 Å².